The van der Waals surface area contributed by atoms with E-state index < -0.39 is 0 Å². The summed E-state index contributed by atoms with van der Waals surface area (Å²) >= 11 is 6.18. The summed E-state index contributed by atoms with van der Waals surface area (Å²) in [6.45, 7) is 4.31. The molecule has 148 valence electrons. The summed E-state index contributed by atoms with van der Waals surface area (Å²) in [6, 6.07) is 14.9. The van der Waals surface area contributed by atoms with E-state index in [2.05, 4.69) is 5.32 Å². The van der Waals surface area contributed by atoms with Crippen LogP contribution in [-0.4, -0.2) is 36.3 Å². The third kappa shape index (κ3) is 5.33. The maximum atomic E-state index is 13.0. The van der Waals surface area contributed by atoms with Crippen LogP contribution in [0.5, 0.6) is 0 Å². The quantitative estimate of drug-likeness (QED) is 0.669. The van der Waals surface area contributed by atoms with E-state index in [0.717, 1.165) is 43.6 Å². The molecular weight excluding hydrogens is 374 g/mol. The Morgan fingerprint density at radius 2 is 2.04 bits per heavy atom. The SMILES string of the molecule is Cc1ccc(NC(=O)[C@H]([NH2+]CCCN2CCCC2=O)c2ccccc2)cc1Cl. The highest BCUT2D eigenvalue weighted by molar-refractivity contribution is 6.31. The summed E-state index contributed by atoms with van der Waals surface area (Å²) in [5.74, 6) is 0.164. The molecule has 1 aliphatic rings. The molecule has 1 atom stereocenters. The van der Waals surface area contributed by atoms with E-state index in [1.165, 1.54) is 0 Å². The smallest absolute Gasteiger partial charge is 0.287 e. The summed E-state index contributed by atoms with van der Waals surface area (Å²) in [5, 5.41) is 5.65. The molecule has 0 radical (unpaired) electrons. The Bertz CT molecular complexity index is 826. The number of quaternary nitrogens is 1. The fraction of sp³-hybridized carbons (Fsp3) is 0.364. The second kappa shape index (κ2) is 9.71. The van der Waals surface area contributed by atoms with Gasteiger partial charge in [0.15, 0.2) is 6.04 Å². The maximum absolute atomic E-state index is 13.0. The number of nitrogens with two attached hydrogens (primary N) is 1. The molecule has 2 aromatic carbocycles. The number of nitrogens with zero attached hydrogens (tertiary/aromatic N) is 1. The molecule has 1 saturated heterocycles. The van der Waals surface area contributed by atoms with Crippen molar-refractivity contribution < 1.29 is 14.9 Å². The van der Waals surface area contributed by atoms with Crippen LogP contribution in [-0.2, 0) is 9.59 Å². The Hall–Kier alpha value is -2.37. The van der Waals surface area contributed by atoms with Gasteiger partial charge in [-0.2, -0.15) is 0 Å². The number of carbonyl (C=O) groups excluding carboxylic acids is 2. The Morgan fingerprint density at radius 3 is 2.71 bits per heavy atom. The molecule has 1 aliphatic heterocycles. The predicted molar refractivity (Wildman–Crippen MR) is 111 cm³/mol. The first-order chi connectivity index (χ1) is 13.5. The molecular formula is C22H27ClN3O2+. The van der Waals surface area contributed by atoms with Crippen molar-refractivity contribution in [2.75, 3.05) is 25.0 Å². The lowest BCUT2D eigenvalue weighted by Crippen LogP contribution is -2.87. The van der Waals surface area contributed by atoms with E-state index in [4.69, 9.17) is 11.6 Å². The van der Waals surface area contributed by atoms with Gasteiger partial charge in [-0.05, 0) is 31.0 Å². The van der Waals surface area contributed by atoms with Gasteiger partial charge in [0.05, 0.1) is 6.54 Å². The molecule has 1 fully saturated rings. The normalized spacial score (nSPS) is 14.9. The van der Waals surface area contributed by atoms with Gasteiger partial charge in [-0.15, -0.1) is 0 Å². The lowest BCUT2D eigenvalue weighted by molar-refractivity contribution is -0.682. The first-order valence-corrected chi connectivity index (χ1v) is 10.2. The van der Waals surface area contributed by atoms with E-state index in [0.29, 0.717) is 17.1 Å². The van der Waals surface area contributed by atoms with Crippen LogP contribution in [0.1, 0.15) is 36.4 Å². The van der Waals surface area contributed by atoms with Crippen LogP contribution in [0.2, 0.25) is 5.02 Å². The van der Waals surface area contributed by atoms with Gasteiger partial charge in [0.25, 0.3) is 5.91 Å². The fourth-order valence-corrected chi connectivity index (χ4v) is 3.63. The third-order valence-electron chi connectivity index (χ3n) is 5.09. The minimum atomic E-state index is -0.351. The number of hydrogen-bond donors (Lipinski definition) is 2. The van der Waals surface area contributed by atoms with E-state index in [9.17, 15) is 9.59 Å². The number of aryl methyl sites for hydroxylation is 1. The van der Waals surface area contributed by atoms with Crippen molar-refractivity contribution in [2.24, 2.45) is 0 Å². The first kappa shape index (κ1) is 20.4. The standard InChI is InChI=1S/C22H26ClN3O2/c1-16-10-11-18(15-19(16)23)25-22(28)21(17-7-3-2-4-8-17)24-12-6-14-26-13-5-9-20(26)27/h2-4,7-8,10-11,15,21,24H,5-6,9,12-14H2,1H3,(H,25,28)/p+1/t21-/m1/s1. The van der Waals surface area contributed by atoms with E-state index >= 15 is 0 Å². The Labute approximate surface area is 171 Å². The topological polar surface area (TPSA) is 66.0 Å². The van der Waals surface area contributed by atoms with Crippen LogP contribution >= 0.6 is 11.6 Å². The molecule has 0 aromatic heterocycles. The van der Waals surface area contributed by atoms with Crippen molar-refractivity contribution in [3.63, 3.8) is 0 Å². The second-order valence-corrected chi connectivity index (χ2v) is 7.61. The lowest BCUT2D eigenvalue weighted by Gasteiger charge is -2.18. The zero-order valence-electron chi connectivity index (χ0n) is 16.2. The van der Waals surface area contributed by atoms with E-state index in [1.807, 2.05) is 59.6 Å². The highest BCUT2D eigenvalue weighted by Gasteiger charge is 2.25. The molecule has 2 aromatic rings. The fourth-order valence-electron chi connectivity index (χ4n) is 3.45. The first-order valence-electron chi connectivity index (χ1n) is 9.77. The number of benzene rings is 2. The van der Waals surface area contributed by atoms with Crippen molar-refractivity contribution in [3.05, 3.63) is 64.7 Å². The van der Waals surface area contributed by atoms with Crippen molar-refractivity contribution in [1.29, 1.82) is 0 Å². The monoisotopic (exact) mass is 400 g/mol. The average molecular weight is 401 g/mol. The van der Waals surface area contributed by atoms with Crippen molar-refractivity contribution in [2.45, 2.75) is 32.2 Å². The largest absolute Gasteiger partial charge is 0.342 e. The number of likely N-dealkylation sites (tertiary alicyclic amines) is 1. The molecule has 0 unspecified atom stereocenters. The zero-order valence-corrected chi connectivity index (χ0v) is 16.9. The van der Waals surface area contributed by atoms with Crippen molar-refractivity contribution in [3.8, 4) is 0 Å². The van der Waals surface area contributed by atoms with Crippen LogP contribution in [0.15, 0.2) is 48.5 Å². The number of nitrogens with one attached hydrogen (secondary N) is 1. The summed E-state index contributed by atoms with van der Waals surface area (Å²) in [7, 11) is 0. The molecule has 0 bridgehead atoms. The van der Waals surface area contributed by atoms with Gasteiger partial charge in [0.2, 0.25) is 5.91 Å². The van der Waals surface area contributed by atoms with Crippen molar-refractivity contribution in [1.82, 2.24) is 4.90 Å². The average Bonchev–Trinajstić information content (AvgIpc) is 3.10. The highest BCUT2D eigenvalue weighted by Crippen LogP contribution is 2.21. The van der Waals surface area contributed by atoms with Crippen molar-refractivity contribution >= 4 is 29.1 Å². The van der Waals surface area contributed by atoms with Gasteiger partial charge >= 0.3 is 0 Å². The summed E-state index contributed by atoms with van der Waals surface area (Å²) in [5.41, 5.74) is 2.62. The van der Waals surface area contributed by atoms with Gasteiger partial charge in [-0.25, -0.2) is 0 Å². The van der Waals surface area contributed by atoms with Gasteiger partial charge in [0.1, 0.15) is 0 Å². The zero-order chi connectivity index (χ0) is 19.9. The molecule has 2 amide bonds. The minimum absolute atomic E-state index is 0.0802. The summed E-state index contributed by atoms with van der Waals surface area (Å²) in [6.07, 6.45) is 2.48. The molecule has 0 spiro atoms. The number of rotatable bonds is 8. The molecule has 3 rings (SSSR count). The number of anilines is 1. The Balaban J connectivity index is 1.62. The molecule has 1 heterocycles. The Kier molecular flexibility index (Phi) is 7.06. The summed E-state index contributed by atoms with van der Waals surface area (Å²) < 4.78 is 0. The molecule has 28 heavy (non-hydrogen) atoms. The van der Waals surface area contributed by atoms with Gasteiger partial charge in [-0.1, -0.05) is 48.0 Å². The molecule has 0 aliphatic carbocycles. The molecule has 0 saturated carbocycles. The lowest BCUT2D eigenvalue weighted by atomic mass is 10.1. The van der Waals surface area contributed by atoms with E-state index in [1.54, 1.807) is 6.07 Å². The van der Waals surface area contributed by atoms with Crippen LogP contribution in [0.4, 0.5) is 5.69 Å². The highest BCUT2D eigenvalue weighted by atomic mass is 35.5. The van der Waals surface area contributed by atoms with Crippen LogP contribution < -0.4 is 10.6 Å². The predicted octanol–water partition coefficient (Wildman–Crippen LogP) is 2.90. The molecule has 6 heteroatoms. The van der Waals surface area contributed by atoms with Gasteiger partial charge in [0, 0.05) is 42.2 Å². The summed E-state index contributed by atoms with van der Waals surface area (Å²) in [4.78, 5) is 26.6. The number of hydrogen-bond acceptors (Lipinski definition) is 2. The number of carbonyl (C=O) groups is 2. The second-order valence-electron chi connectivity index (χ2n) is 7.20. The minimum Gasteiger partial charge on any atom is -0.342 e. The van der Waals surface area contributed by atoms with E-state index in [-0.39, 0.29) is 17.9 Å². The van der Waals surface area contributed by atoms with Crippen LogP contribution in [0.3, 0.4) is 0 Å². The van der Waals surface area contributed by atoms with Gasteiger partial charge in [-0.3, -0.25) is 9.59 Å². The number of halogens is 1. The molecule has 5 nitrogen and oxygen atoms in total. The molecule has 3 N–H and O–H groups in total. The maximum Gasteiger partial charge on any atom is 0.287 e. The van der Waals surface area contributed by atoms with Crippen LogP contribution in [0, 0.1) is 6.92 Å². The number of amides is 2. The Morgan fingerprint density at radius 1 is 1.25 bits per heavy atom. The third-order valence-corrected chi connectivity index (χ3v) is 5.49. The van der Waals surface area contributed by atoms with Gasteiger partial charge < -0.3 is 15.5 Å². The van der Waals surface area contributed by atoms with Crippen LogP contribution in [0.25, 0.3) is 0 Å².